The van der Waals surface area contributed by atoms with Gasteiger partial charge >= 0.3 is 0 Å². The predicted molar refractivity (Wildman–Crippen MR) is 127 cm³/mol. The van der Waals surface area contributed by atoms with Crippen molar-refractivity contribution >= 4 is 22.8 Å². The molecule has 5 aromatic rings. The highest BCUT2D eigenvalue weighted by Gasteiger charge is 2.04. The van der Waals surface area contributed by atoms with Gasteiger partial charge in [-0.3, -0.25) is 4.99 Å². The summed E-state index contributed by atoms with van der Waals surface area (Å²) in [7, 11) is 0. The van der Waals surface area contributed by atoms with Crippen molar-refractivity contribution in [3.63, 3.8) is 0 Å². The Labute approximate surface area is 180 Å². The van der Waals surface area contributed by atoms with Crippen LogP contribution in [0.4, 0.5) is 10.1 Å². The maximum absolute atomic E-state index is 13.5. The van der Waals surface area contributed by atoms with E-state index in [1.807, 2.05) is 48.8 Å². The number of halogens is 1. The Hall–Kier alpha value is -3.98. The minimum Gasteiger partial charge on any atom is -0.343 e. The molecule has 0 aliphatic heterocycles. The van der Waals surface area contributed by atoms with Crippen molar-refractivity contribution in [2.45, 2.75) is 6.54 Å². The van der Waals surface area contributed by atoms with Crippen molar-refractivity contribution < 1.29 is 4.39 Å². The van der Waals surface area contributed by atoms with Crippen LogP contribution < -0.4 is 0 Å². The van der Waals surface area contributed by atoms with Crippen LogP contribution >= 0.6 is 0 Å². The molecule has 31 heavy (non-hydrogen) atoms. The Morgan fingerprint density at radius 3 is 2.35 bits per heavy atom. The average molecular weight is 404 g/mol. The van der Waals surface area contributed by atoms with Crippen LogP contribution in [0, 0.1) is 5.82 Å². The van der Waals surface area contributed by atoms with Crippen molar-refractivity contribution in [2.24, 2.45) is 4.99 Å². The Kier molecular flexibility index (Phi) is 5.16. The van der Waals surface area contributed by atoms with Gasteiger partial charge in [0.1, 0.15) is 5.82 Å². The van der Waals surface area contributed by atoms with Crippen LogP contribution in [-0.2, 0) is 6.54 Å². The molecule has 0 fully saturated rings. The molecule has 0 aliphatic carbocycles. The van der Waals surface area contributed by atoms with Gasteiger partial charge in [-0.1, -0.05) is 60.7 Å². The molecule has 0 spiro atoms. The van der Waals surface area contributed by atoms with Crippen molar-refractivity contribution in [3.8, 4) is 11.1 Å². The van der Waals surface area contributed by atoms with Crippen LogP contribution in [0.2, 0.25) is 0 Å². The van der Waals surface area contributed by atoms with Gasteiger partial charge in [-0.25, -0.2) is 4.39 Å². The number of rotatable bonds is 5. The monoisotopic (exact) mass is 404 g/mol. The van der Waals surface area contributed by atoms with Crippen LogP contribution in [0.3, 0.4) is 0 Å². The standard InChI is InChI=1S/C28H21FN2/c29-26-8-4-5-22(18-26)20-31-16-15-25-17-21(9-14-28(25)31)19-30-27-12-10-24(11-13-27)23-6-2-1-3-7-23/h1-19H,20H2. The molecule has 0 saturated heterocycles. The topological polar surface area (TPSA) is 17.3 Å². The maximum Gasteiger partial charge on any atom is 0.123 e. The lowest BCUT2D eigenvalue weighted by Gasteiger charge is -2.06. The lowest BCUT2D eigenvalue weighted by molar-refractivity contribution is 0.624. The lowest BCUT2D eigenvalue weighted by Crippen LogP contribution is -1.98. The summed E-state index contributed by atoms with van der Waals surface area (Å²) in [6, 6.07) is 33.7. The fourth-order valence-electron chi connectivity index (χ4n) is 3.79. The van der Waals surface area contributed by atoms with E-state index in [9.17, 15) is 4.39 Å². The third-order valence-electron chi connectivity index (χ3n) is 5.37. The summed E-state index contributed by atoms with van der Waals surface area (Å²) < 4.78 is 15.6. The molecule has 0 bridgehead atoms. The van der Waals surface area contributed by atoms with Crippen molar-refractivity contribution in [1.29, 1.82) is 0 Å². The van der Waals surface area contributed by atoms with Gasteiger partial charge in [-0.2, -0.15) is 0 Å². The van der Waals surface area contributed by atoms with Gasteiger partial charge < -0.3 is 4.57 Å². The second kappa shape index (κ2) is 8.41. The minimum atomic E-state index is -0.204. The van der Waals surface area contributed by atoms with E-state index in [-0.39, 0.29) is 5.82 Å². The van der Waals surface area contributed by atoms with Gasteiger partial charge in [0.25, 0.3) is 0 Å². The molecule has 5 rings (SSSR count). The van der Waals surface area contributed by atoms with Gasteiger partial charge in [0, 0.05) is 29.9 Å². The fourth-order valence-corrected chi connectivity index (χ4v) is 3.79. The van der Waals surface area contributed by atoms with E-state index < -0.39 is 0 Å². The molecule has 0 unspecified atom stereocenters. The van der Waals surface area contributed by atoms with Crippen LogP contribution in [0.5, 0.6) is 0 Å². The molecule has 4 aromatic carbocycles. The molecule has 0 amide bonds. The SMILES string of the molecule is Fc1cccc(Cn2ccc3cc(C=Nc4ccc(-c5ccccc5)cc4)ccc32)c1. The summed E-state index contributed by atoms with van der Waals surface area (Å²) in [6.45, 7) is 0.641. The van der Waals surface area contributed by atoms with Gasteiger partial charge in [0.15, 0.2) is 0 Å². The molecule has 0 atom stereocenters. The molecule has 0 N–H and O–H groups in total. The predicted octanol–water partition coefficient (Wildman–Crippen LogP) is 7.25. The summed E-state index contributed by atoms with van der Waals surface area (Å²) in [5, 5.41) is 1.14. The van der Waals surface area contributed by atoms with E-state index in [0.29, 0.717) is 6.54 Å². The molecule has 0 saturated carbocycles. The van der Waals surface area contributed by atoms with E-state index in [1.54, 1.807) is 12.1 Å². The van der Waals surface area contributed by atoms with E-state index in [2.05, 4.69) is 58.1 Å². The zero-order valence-corrected chi connectivity index (χ0v) is 16.9. The molecule has 3 heteroatoms. The lowest BCUT2D eigenvalue weighted by atomic mass is 10.1. The van der Waals surface area contributed by atoms with Gasteiger partial charge in [0.05, 0.1) is 5.69 Å². The Morgan fingerprint density at radius 2 is 1.55 bits per heavy atom. The van der Waals surface area contributed by atoms with Gasteiger partial charge in [-0.05, 0) is 64.7 Å². The third kappa shape index (κ3) is 4.31. The summed E-state index contributed by atoms with van der Waals surface area (Å²) in [5.41, 5.74) is 6.41. The first kappa shape index (κ1) is 19.0. The number of fused-ring (bicyclic) bond motifs is 1. The van der Waals surface area contributed by atoms with E-state index in [4.69, 9.17) is 0 Å². The quantitative estimate of drug-likeness (QED) is 0.275. The number of aromatic nitrogens is 1. The fraction of sp³-hybridized carbons (Fsp3) is 0.0357. The summed E-state index contributed by atoms with van der Waals surface area (Å²) in [4.78, 5) is 4.63. The van der Waals surface area contributed by atoms with Crippen LogP contribution in [0.15, 0.2) is 114 Å². The largest absolute Gasteiger partial charge is 0.343 e. The Morgan fingerprint density at radius 1 is 0.742 bits per heavy atom. The minimum absolute atomic E-state index is 0.204. The Bertz CT molecular complexity index is 1350. The molecule has 0 radical (unpaired) electrons. The number of benzene rings is 4. The summed E-state index contributed by atoms with van der Waals surface area (Å²) >= 11 is 0. The molecule has 0 aliphatic rings. The normalized spacial score (nSPS) is 11.4. The first-order valence-corrected chi connectivity index (χ1v) is 10.3. The summed E-state index contributed by atoms with van der Waals surface area (Å²) in [5.74, 6) is -0.204. The summed E-state index contributed by atoms with van der Waals surface area (Å²) in [6.07, 6.45) is 3.93. The number of hydrogen-bond donors (Lipinski definition) is 0. The first-order chi connectivity index (χ1) is 15.2. The van der Waals surface area contributed by atoms with Crippen molar-refractivity contribution in [3.05, 3.63) is 126 Å². The molecule has 150 valence electrons. The Balaban J connectivity index is 1.33. The van der Waals surface area contributed by atoms with Gasteiger partial charge in [0.2, 0.25) is 0 Å². The smallest absolute Gasteiger partial charge is 0.123 e. The zero-order chi connectivity index (χ0) is 21.0. The number of nitrogens with zero attached hydrogens (tertiary/aromatic N) is 2. The van der Waals surface area contributed by atoms with Gasteiger partial charge in [-0.15, -0.1) is 0 Å². The molecule has 2 nitrogen and oxygen atoms in total. The first-order valence-electron chi connectivity index (χ1n) is 10.3. The van der Waals surface area contributed by atoms with Crippen LogP contribution in [-0.4, -0.2) is 10.8 Å². The highest BCUT2D eigenvalue weighted by Crippen LogP contribution is 2.23. The molecular formula is C28H21FN2. The van der Waals surface area contributed by atoms with E-state index >= 15 is 0 Å². The molecule has 1 aromatic heterocycles. The second-order valence-electron chi connectivity index (χ2n) is 7.56. The molecule has 1 heterocycles. The van der Waals surface area contributed by atoms with Crippen molar-refractivity contribution in [2.75, 3.05) is 0 Å². The van der Waals surface area contributed by atoms with E-state index in [0.717, 1.165) is 27.7 Å². The highest BCUT2D eigenvalue weighted by molar-refractivity contribution is 5.90. The maximum atomic E-state index is 13.5. The average Bonchev–Trinajstić information content (AvgIpc) is 3.20. The second-order valence-corrected chi connectivity index (χ2v) is 7.56. The molecular weight excluding hydrogens is 383 g/mol. The number of hydrogen-bond acceptors (Lipinski definition) is 1. The van der Waals surface area contributed by atoms with Crippen LogP contribution in [0.1, 0.15) is 11.1 Å². The third-order valence-corrected chi connectivity index (χ3v) is 5.37. The number of aliphatic imine (C=N–C) groups is 1. The van der Waals surface area contributed by atoms with Crippen molar-refractivity contribution in [1.82, 2.24) is 4.57 Å². The highest BCUT2D eigenvalue weighted by atomic mass is 19.1. The zero-order valence-electron chi connectivity index (χ0n) is 16.9. The van der Waals surface area contributed by atoms with E-state index in [1.165, 1.54) is 17.2 Å². The van der Waals surface area contributed by atoms with Crippen LogP contribution in [0.25, 0.3) is 22.0 Å².